The number of hydrogen-bond donors (Lipinski definition) is 1. The van der Waals surface area contributed by atoms with Crippen LogP contribution < -0.4 is 5.32 Å². The van der Waals surface area contributed by atoms with E-state index >= 15 is 0 Å². The minimum atomic E-state index is -0.672. The Balaban J connectivity index is 0.000000827. The molecule has 0 aliphatic carbocycles. The van der Waals surface area contributed by atoms with Crippen molar-refractivity contribution in [3.05, 3.63) is 94.6 Å². The number of nitrogens with one attached hydrogen (secondary N) is 1. The van der Waals surface area contributed by atoms with E-state index < -0.39 is 5.82 Å². The van der Waals surface area contributed by atoms with Crippen LogP contribution in [0.1, 0.15) is 42.4 Å². The lowest BCUT2D eigenvalue weighted by Gasteiger charge is -2.34. The maximum absolute atomic E-state index is 14.3. The second-order valence-electron chi connectivity index (χ2n) is 8.45. The molecule has 0 radical (unpaired) electrons. The molecule has 12 heteroatoms. The molecule has 0 atom stereocenters. The fourth-order valence-corrected chi connectivity index (χ4v) is 4.66. The number of anilines is 2. The van der Waals surface area contributed by atoms with Crippen LogP contribution in [-0.2, 0) is 13.1 Å². The monoisotopic (exact) mass is 584 g/mol. The van der Waals surface area contributed by atoms with Crippen LogP contribution in [0, 0.1) is 5.82 Å². The normalized spacial score (nSPS) is 13.0. The lowest BCUT2D eigenvalue weighted by atomic mass is 10.1. The van der Waals surface area contributed by atoms with E-state index in [1.54, 1.807) is 40.4 Å². The predicted molar refractivity (Wildman–Crippen MR) is 159 cm³/mol. The Kier molecular flexibility index (Phi) is 12.2. The van der Waals surface area contributed by atoms with Gasteiger partial charge in [0.15, 0.2) is 10.9 Å². The number of hydrogen-bond acceptors (Lipinski definition) is 8. The van der Waals surface area contributed by atoms with Gasteiger partial charge in [-0.3, -0.25) is 9.69 Å². The third-order valence-electron chi connectivity index (χ3n) is 5.62. The van der Waals surface area contributed by atoms with Crippen molar-refractivity contribution in [3.63, 3.8) is 0 Å². The zero-order valence-electron chi connectivity index (χ0n) is 22.9. The van der Waals surface area contributed by atoms with Crippen LogP contribution in [0.4, 0.5) is 15.3 Å². The van der Waals surface area contributed by atoms with Crippen LogP contribution >= 0.6 is 22.9 Å². The van der Waals surface area contributed by atoms with Crippen molar-refractivity contribution < 1.29 is 9.18 Å². The molecule has 1 aliphatic rings. The Bertz CT molecular complexity index is 1290. The second-order valence-corrected chi connectivity index (χ2v) is 9.75. The molecule has 5 rings (SSSR count). The van der Waals surface area contributed by atoms with Crippen molar-refractivity contribution in [1.82, 2.24) is 34.8 Å². The summed E-state index contributed by atoms with van der Waals surface area (Å²) >= 11 is 7.34. The minimum absolute atomic E-state index is 0.00505. The number of pyridine rings is 1. The van der Waals surface area contributed by atoms with Gasteiger partial charge >= 0.3 is 0 Å². The number of carbonyl (C=O) groups excluding carboxylic acids is 1. The zero-order chi connectivity index (χ0) is 28.9. The fraction of sp³-hybridized carbons (Fsp3) is 0.321. The summed E-state index contributed by atoms with van der Waals surface area (Å²) in [6.45, 7) is 12.7. The van der Waals surface area contributed by atoms with Crippen LogP contribution in [0.2, 0.25) is 5.02 Å². The lowest BCUT2D eigenvalue weighted by molar-refractivity contribution is 0.0622. The Labute approximate surface area is 243 Å². The standard InChI is InChI=1S/C23H22ClFN8OS.C3H6.C2H6/c24-19-3-1-2-18(21(19)25)22(34)32-9-7-31(8-10-32)15-17-12-16(14-33-27-4-5-28-33)13-20(29-17)30-23-26-6-11-35-23;1-3-2;1-2/h1-6,11-13H,7-10,14-15H2,(H,26,29,30);3H,1H2,2H3;1-2H3. The zero-order valence-corrected chi connectivity index (χ0v) is 24.5. The largest absolute Gasteiger partial charge is 0.336 e. The predicted octanol–water partition coefficient (Wildman–Crippen LogP) is 5.89. The first-order valence-electron chi connectivity index (χ1n) is 13.0. The molecule has 9 nitrogen and oxygen atoms in total. The summed E-state index contributed by atoms with van der Waals surface area (Å²) in [6.07, 6.45) is 6.78. The number of rotatable bonds is 7. The van der Waals surface area contributed by atoms with Gasteiger partial charge in [-0.1, -0.05) is 37.6 Å². The third kappa shape index (κ3) is 8.67. The van der Waals surface area contributed by atoms with Crippen molar-refractivity contribution in [1.29, 1.82) is 0 Å². The first-order valence-corrected chi connectivity index (χ1v) is 14.3. The van der Waals surface area contributed by atoms with Crippen molar-refractivity contribution in [3.8, 4) is 0 Å². The molecular formula is C28H34ClFN8OS. The van der Waals surface area contributed by atoms with Gasteiger partial charge in [-0.2, -0.15) is 15.0 Å². The molecule has 0 spiro atoms. The number of allylic oxidation sites excluding steroid dienone is 1. The third-order valence-corrected chi connectivity index (χ3v) is 6.60. The van der Waals surface area contributed by atoms with Gasteiger partial charge in [-0.05, 0) is 36.8 Å². The molecule has 3 aromatic heterocycles. The summed E-state index contributed by atoms with van der Waals surface area (Å²) < 4.78 is 14.3. The number of halogens is 2. The highest BCUT2D eigenvalue weighted by Crippen LogP contribution is 2.22. The van der Waals surface area contributed by atoms with E-state index in [1.807, 2.05) is 38.3 Å². The van der Waals surface area contributed by atoms with Crippen LogP contribution in [-0.4, -0.2) is 66.8 Å². The molecule has 1 N–H and O–H groups in total. The van der Waals surface area contributed by atoms with Crippen molar-refractivity contribution in [2.24, 2.45) is 0 Å². The lowest BCUT2D eigenvalue weighted by Crippen LogP contribution is -2.48. The van der Waals surface area contributed by atoms with Gasteiger partial charge in [-0.25, -0.2) is 14.4 Å². The van der Waals surface area contributed by atoms with E-state index in [4.69, 9.17) is 16.6 Å². The number of benzene rings is 1. The Morgan fingerprint density at radius 3 is 2.48 bits per heavy atom. The van der Waals surface area contributed by atoms with Crippen molar-refractivity contribution in [2.75, 3.05) is 31.5 Å². The first-order chi connectivity index (χ1) is 19.5. The molecule has 0 saturated carbocycles. The summed E-state index contributed by atoms with van der Waals surface area (Å²) in [5, 5.41) is 14.3. The highest BCUT2D eigenvalue weighted by molar-refractivity contribution is 7.13. The summed E-state index contributed by atoms with van der Waals surface area (Å²) in [5.41, 5.74) is 1.90. The molecule has 4 aromatic rings. The molecule has 212 valence electrons. The van der Waals surface area contributed by atoms with Gasteiger partial charge in [-0.15, -0.1) is 17.9 Å². The number of amides is 1. The van der Waals surface area contributed by atoms with E-state index in [9.17, 15) is 9.18 Å². The minimum Gasteiger partial charge on any atom is -0.336 e. The van der Waals surface area contributed by atoms with Crippen LogP contribution in [0.5, 0.6) is 0 Å². The SMILES string of the molecule is C=CC.CC.O=C(c1cccc(Cl)c1F)N1CCN(Cc2cc(Cn3nccn3)cc(Nc3nccs3)n2)CC1. The maximum Gasteiger partial charge on any atom is 0.256 e. The van der Waals surface area contributed by atoms with E-state index in [0.717, 1.165) is 16.4 Å². The fourth-order valence-electron chi connectivity index (χ4n) is 3.95. The number of carbonyl (C=O) groups is 1. The highest BCUT2D eigenvalue weighted by atomic mass is 35.5. The van der Waals surface area contributed by atoms with E-state index in [1.165, 1.54) is 23.5 Å². The summed E-state index contributed by atoms with van der Waals surface area (Å²) in [4.78, 5) is 27.4. The number of piperazine rings is 1. The molecule has 1 aliphatic heterocycles. The molecule has 40 heavy (non-hydrogen) atoms. The van der Waals surface area contributed by atoms with Crippen molar-refractivity contribution in [2.45, 2.75) is 33.9 Å². The van der Waals surface area contributed by atoms with Crippen LogP contribution in [0.25, 0.3) is 0 Å². The first kappa shape index (κ1) is 30.9. The maximum atomic E-state index is 14.3. The quantitative estimate of drug-likeness (QED) is 0.271. The van der Waals surface area contributed by atoms with E-state index in [0.29, 0.717) is 45.1 Å². The topological polar surface area (TPSA) is 92.1 Å². The molecule has 4 heterocycles. The van der Waals surface area contributed by atoms with Crippen LogP contribution in [0.15, 0.2) is 67.0 Å². The van der Waals surface area contributed by atoms with Gasteiger partial charge in [0.25, 0.3) is 5.91 Å². The molecule has 1 saturated heterocycles. The Morgan fingerprint density at radius 1 is 1.12 bits per heavy atom. The Hall–Kier alpha value is -3.67. The second kappa shape index (κ2) is 15.8. The highest BCUT2D eigenvalue weighted by Gasteiger charge is 2.25. The number of aromatic nitrogens is 5. The molecule has 1 amide bonds. The van der Waals surface area contributed by atoms with Crippen molar-refractivity contribution >= 4 is 39.8 Å². The average Bonchev–Trinajstić information content (AvgIpc) is 3.67. The van der Waals surface area contributed by atoms with E-state index in [-0.39, 0.29) is 16.5 Å². The number of nitrogens with zero attached hydrogens (tertiary/aromatic N) is 7. The smallest absolute Gasteiger partial charge is 0.256 e. The Morgan fingerprint density at radius 2 is 1.82 bits per heavy atom. The molecule has 1 aromatic carbocycles. The summed E-state index contributed by atoms with van der Waals surface area (Å²) in [5.74, 6) is -0.314. The van der Waals surface area contributed by atoms with Gasteiger partial charge in [0.1, 0.15) is 5.82 Å². The summed E-state index contributed by atoms with van der Waals surface area (Å²) in [6, 6.07) is 8.49. The summed E-state index contributed by atoms with van der Waals surface area (Å²) in [7, 11) is 0. The van der Waals surface area contributed by atoms with E-state index in [2.05, 4.69) is 32.0 Å². The molecule has 0 bridgehead atoms. The van der Waals surface area contributed by atoms with Gasteiger partial charge < -0.3 is 10.2 Å². The molecule has 1 fully saturated rings. The van der Waals surface area contributed by atoms with Gasteiger partial charge in [0, 0.05) is 44.3 Å². The number of thiazole rings is 1. The van der Waals surface area contributed by atoms with Gasteiger partial charge in [0.2, 0.25) is 0 Å². The molecule has 0 unspecified atom stereocenters. The van der Waals surface area contributed by atoms with Crippen LogP contribution in [0.3, 0.4) is 0 Å². The molecular weight excluding hydrogens is 551 g/mol. The average molecular weight is 585 g/mol. The van der Waals surface area contributed by atoms with Gasteiger partial charge in [0.05, 0.1) is 35.2 Å².